The molecule has 1 heterocycles. The zero-order valence-electron chi connectivity index (χ0n) is 12.0. The van der Waals surface area contributed by atoms with Crippen LogP contribution in [-0.4, -0.2) is 67.4 Å². The molecule has 0 aliphatic carbocycles. The Morgan fingerprint density at radius 2 is 1.12 bits per heavy atom. The van der Waals surface area contributed by atoms with Gasteiger partial charge in [0.05, 0.1) is 24.6 Å². The molecule has 130 valence electrons. The second-order valence-corrected chi connectivity index (χ2v) is 4.57. The van der Waals surface area contributed by atoms with Crippen molar-refractivity contribution in [3.8, 4) is 0 Å². The molecular formula is C12H14N4O8. The van der Waals surface area contributed by atoms with E-state index in [1.165, 1.54) is 0 Å². The molecule has 0 bridgehead atoms. The summed E-state index contributed by atoms with van der Waals surface area (Å²) >= 11 is 0. The lowest BCUT2D eigenvalue weighted by Crippen LogP contribution is -2.31. The maximum absolute atomic E-state index is 11.5. The molecule has 0 saturated carbocycles. The molecule has 1 aromatic heterocycles. The number of aromatic nitrogens is 2. The van der Waals surface area contributed by atoms with E-state index in [0.717, 1.165) is 0 Å². The van der Waals surface area contributed by atoms with Crippen LogP contribution in [0.25, 0.3) is 0 Å². The van der Waals surface area contributed by atoms with Gasteiger partial charge in [-0.25, -0.2) is 4.98 Å². The third kappa shape index (κ3) is 3.61. The molecule has 24 heavy (non-hydrogen) atoms. The SMILES string of the molecule is NC(=O)c1nc(C(N)=O)c([C@H](CO)C(=O)O)nc1[C@H](CO)C(=O)O. The summed E-state index contributed by atoms with van der Waals surface area (Å²) in [6.07, 6.45) is 0. The number of carboxylic acids is 2. The second-order valence-electron chi connectivity index (χ2n) is 4.57. The predicted octanol–water partition coefficient (Wildman–Crippen LogP) is -3.00. The van der Waals surface area contributed by atoms with Crippen molar-refractivity contribution in [2.75, 3.05) is 13.2 Å². The van der Waals surface area contributed by atoms with Crippen molar-refractivity contribution in [1.29, 1.82) is 0 Å². The Bertz CT molecular complexity index is 649. The molecule has 0 aliphatic heterocycles. The molecule has 12 nitrogen and oxygen atoms in total. The molecule has 0 aliphatic rings. The van der Waals surface area contributed by atoms with Crippen LogP contribution in [0.15, 0.2) is 0 Å². The first-order chi connectivity index (χ1) is 11.1. The number of aliphatic carboxylic acids is 2. The number of carboxylic acid groups (broad SMARTS) is 2. The summed E-state index contributed by atoms with van der Waals surface area (Å²) in [6.45, 7) is -2.01. The van der Waals surface area contributed by atoms with Gasteiger partial charge in [-0.15, -0.1) is 0 Å². The fourth-order valence-corrected chi connectivity index (χ4v) is 1.87. The Labute approximate surface area is 133 Å². The molecule has 0 fully saturated rings. The van der Waals surface area contributed by atoms with E-state index in [9.17, 15) is 29.4 Å². The van der Waals surface area contributed by atoms with Gasteiger partial charge >= 0.3 is 11.9 Å². The highest BCUT2D eigenvalue weighted by molar-refractivity contribution is 5.98. The fourth-order valence-electron chi connectivity index (χ4n) is 1.87. The lowest BCUT2D eigenvalue weighted by molar-refractivity contribution is -0.140. The van der Waals surface area contributed by atoms with E-state index >= 15 is 0 Å². The van der Waals surface area contributed by atoms with E-state index in [4.69, 9.17) is 21.7 Å². The molecule has 1 aromatic rings. The van der Waals surface area contributed by atoms with E-state index in [-0.39, 0.29) is 0 Å². The lowest BCUT2D eigenvalue weighted by Gasteiger charge is -2.17. The monoisotopic (exact) mass is 342 g/mol. The number of nitrogens with zero attached hydrogens (tertiary/aromatic N) is 2. The Kier molecular flexibility index (Phi) is 5.86. The number of aliphatic hydroxyl groups is 2. The summed E-state index contributed by atoms with van der Waals surface area (Å²) in [7, 11) is 0. The summed E-state index contributed by atoms with van der Waals surface area (Å²) < 4.78 is 0. The standard InChI is InChI=1S/C12H14N4O8/c13-9(19)7-5(3(1-17)11(21)22)15-6(4(2-18)12(23)24)8(16-7)10(14)20/h3-4,17-18H,1-2H2,(H2,13,19)(H2,14,20)(H,21,22)(H,23,24)/t3-,4-/m0/s1. The number of carbonyl (C=O) groups excluding carboxylic acids is 2. The summed E-state index contributed by atoms with van der Waals surface area (Å²) in [5.74, 6) is -9.22. The maximum Gasteiger partial charge on any atom is 0.315 e. The minimum atomic E-state index is -1.76. The Morgan fingerprint density at radius 1 is 0.792 bits per heavy atom. The van der Waals surface area contributed by atoms with E-state index < -0.39 is 71.6 Å². The second kappa shape index (κ2) is 7.43. The number of rotatable bonds is 8. The molecule has 0 saturated heterocycles. The highest BCUT2D eigenvalue weighted by Gasteiger charge is 2.33. The number of primary amides is 2. The average molecular weight is 342 g/mol. The summed E-state index contributed by atoms with van der Waals surface area (Å²) in [5.41, 5.74) is 7.33. The largest absolute Gasteiger partial charge is 0.481 e. The van der Waals surface area contributed by atoms with Crippen LogP contribution in [0.3, 0.4) is 0 Å². The van der Waals surface area contributed by atoms with Gasteiger partial charge in [0, 0.05) is 0 Å². The van der Waals surface area contributed by atoms with Crippen LogP contribution in [0.4, 0.5) is 0 Å². The van der Waals surface area contributed by atoms with Crippen LogP contribution in [0.1, 0.15) is 44.2 Å². The summed E-state index contributed by atoms with van der Waals surface area (Å²) in [4.78, 5) is 52.4. The Balaban J connectivity index is 3.81. The van der Waals surface area contributed by atoms with Gasteiger partial charge < -0.3 is 31.9 Å². The quantitative estimate of drug-likeness (QED) is 0.280. The topological polar surface area (TPSA) is 227 Å². The van der Waals surface area contributed by atoms with Crippen molar-refractivity contribution in [3.63, 3.8) is 0 Å². The number of nitrogens with two attached hydrogens (primary N) is 2. The zero-order chi connectivity index (χ0) is 18.6. The molecule has 0 unspecified atom stereocenters. The molecule has 8 N–H and O–H groups in total. The Hall–Kier alpha value is -3.12. The van der Waals surface area contributed by atoms with Gasteiger partial charge in [0.15, 0.2) is 11.4 Å². The predicted molar refractivity (Wildman–Crippen MR) is 74.0 cm³/mol. The fraction of sp³-hybridized carbons (Fsp3) is 0.333. The number of aliphatic hydroxyl groups excluding tert-OH is 2. The molecule has 1 rings (SSSR count). The number of carbonyl (C=O) groups is 4. The molecule has 0 radical (unpaired) electrons. The van der Waals surface area contributed by atoms with E-state index in [0.29, 0.717) is 0 Å². The van der Waals surface area contributed by atoms with Crippen molar-refractivity contribution in [1.82, 2.24) is 9.97 Å². The zero-order valence-corrected chi connectivity index (χ0v) is 12.0. The van der Waals surface area contributed by atoms with Gasteiger partial charge in [-0.1, -0.05) is 0 Å². The minimum Gasteiger partial charge on any atom is -0.481 e. The van der Waals surface area contributed by atoms with Crippen molar-refractivity contribution in [2.24, 2.45) is 11.5 Å². The van der Waals surface area contributed by atoms with Crippen LogP contribution in [0.5, 0.6) is 0 Å². The molecular weight excluding hydrogens is 328 g/mol. The smallest absolute Gasteiger partial charge is 0.315 e. The van der Waals surface area contributed by atoms with Crippen LogP contribution in [0.2, 0.25) is 0 Å². The summed E-state index contributed by atoms with van der Waals surface area (Å²) in [5, 5.41) is 36.5. The summed E-state index contributed by atoms with van der Waals surface area (Å²) in [6, 6.07) is 0. The van der Waals surface area contributed by atoms with Gasteiger partial charge in [0.2, 0.25) is 0 Å². The highest BCUT2D eigenvalue weighted by atomic mass is 16.4. The number of hydrogen-bond acceptors (Lipinski definition) is 8. The van der Waals surface area contributed by atoms with Gasteiger partial charge in [-0.05, 0) is 0 Å². The molecule has 2 atom stereocenters. The Morgan fingerprint density at radius 3 is 1.33 bits per heavy atom. The maximum atomic E-state index is 11.5. The van der Waals surface area contributed by atoms with Crippen LogP contribution in [-0.2, 0) is 9.59 Å². The molecule has 0 aromatic carbocycles. The van der Waals surface area contributed by atoms with Gasteiger partial charge in [-0.3, -0.25) is 24.2 Å². The van der Waals surface area contributed by atoms with Crippen molar-refractivity contribution in [3.05, 3.63) is 22.8 Å². The van der Waals surface area contributed by atoms with Gasteiger partial charge in [-0.2, -0.15) is 0 Å². The average Bonchev–Trinajstić information content (AvgIpc) is 2.47. The van der Waals surface area contributed by atoms with Crippen LogP contribution in [0, 0.1) is 0 Å². The number of amides is 2. The van der Waals surface area contributed by atoms with Crippen molar-refractivity contribution in [2.45, 2.75) is 11.8 Å². The lowest BCUT2D eigenvalue weighted by atomic mass is 9.99. The highest BCUT2D eigenvalue weighted by Crippen LogP contribution is 2.23. The third-order valence-electron chi connectivity index (χ3n) is 3.04. The molecule has 0 spiro atoms. The molecule has 2 amide bonds. The van der Waals surface area contributed by atoms with Crippen LogP contribution < -0.4 is 11.5 Å². The van der Waals surface area contributed by atoms with E-state index in [1.54, 1.807) is 0 Å². The first-order valence-corrected chi connectivity index (χ1v) is 6.34. The van der Waals surface area contributed by atoms with Gasteiger partial charge in [0.25, 0.3) is 11.8 Å². The first kappa shape index (κ1) is 18.9. The minimum absolute atomic E-state index is 0.641. The van der Waals surface area contributed by atoms with E-state index in [2.05, 4.69) is 9.97 Å². The number of hydrogen-bond donors (Lipinski definition) is 6. The normalized spacial score (nSPS) is 13.1. The van der Waals surface area contributed by atoms with Crippen molar-refractivity contribution < 1.29 is 39.6 Å². The van der Waals surface area contributed by atoms with Gasteiger partial charge in [0.1, 0.15) is 11.8 Å². The third-order valence-corrected chi connectivity index (χ3v) is 3.04. The van der Waals surface area contributed by atoms with E-state index in [1.807, 2.05) is 0 Å². The van der Waals surface area contributed by atoms with Crippen molar-refractivity contribution >= 4 is 23.8 Å². The van der Waals surface area contributed by atoms with Crippen LogP contribution >= 0.6 is 0 Å². The molecule has 12 heteroatoms. The first-order valence-electron chi connectivity index (χ1n) is 6.34.